The Bertz CT molecular complexity index is 627. The molecule has 1 heterocycles. The smallest absolute Gasteiger partial charge is 0.127 e. The van der Waals surface area contributed by atoms with E-state index in [1.165, 1.54) is 11.6 Å². The van der Waals surface area contributed by atoms with E-state index in [0.29, 0.717) is 17.0 Å². The van der Waals surface area contributed by atoms with Crippen molar-refractivity contribution in [2.24, 2.45) is 5.84 Å². The number of nitrogens with two attached hydrogens (primary N) is 1. The average molecular weight is 306 g/mol. The van der Waals surface area contributed by atoms with Gasteiger partial charge >= 0.3 is 0 Å². The molecule has 2 aromatic rings. The summed E-state index contributed by atoms with van der Waals surface area (Å²) in [6, 6.07) is 8.68. The minimum atomic E-state index is -0.290. The highest BCUT2D eigenvalue weighted by Gasteiger charge is 2.31. The van der Waals surface area contributed by atoms with E-state index < -0.39 is 0 Å². The molecule has 0 radical (unpaired) electrons. The Morgan fingerprint density at radius 3 is 3.00 bits per heavy atom. The molecule has 3 nitrogen and oxygen atoms in total. The number of aromatic nitrogens is 1. The molecule has 1 aliphatic carbocycles. The second kappa shape index (κ2) is 6.10. The van der Waals surface area contributed by atoms with Crippen LogP contribution in [0, 0.1) is 5.82 Å². The number of benzene rings is 1. The van der Waals surface area contributed by atoms with Gasteiger partial charge in [0.2, 0.25) is 0 Å². The van der Waals surface area contributed by atoms with Crippen LogP contribution in [0.25, 0.3) is 0 Å². The summed E-state index contributed by atoms with van der Waals surface area (Å²) in [7, 11) is 0. The Morgan fingerprint density at radius 2 is 2.24 bits per heavy atom. The molecule has 1 aromatic heterocycles. The highest BCUT2D eigenvalue weighted by Crippen LogP contribution is 2.35. The van der Waals surface area contributed by atoms with Crippen LogP contribution in [-0.4, -0.2) is 11.0 Å². The number of hydrogen-bond donors (Lipinski definition) is 2. The maximum absolute atomic E-state index is 14.0. The second-order valence-corrected chi connectivity index (χ2v) is 5.78. The van der Waals surface area contributed by atoms with E-state index in [2.05, 4.69) is 16.5 Å². The van der Waals surface area contributed by atoms with Crippen molar-refractivity contribution in [1.82, 2.24) is 10.4 Å². The fraction of sp³-hybridized carbons (Fsp3) is 0.312. The summed E-state index contributed by atoms with van der Waals surface area (Å²) in [5.41, 5.74) is 5.64. The molecule has 0 amide bonds. The minimum absolute atomic E-state index is 0.0875. The number of hydrogen-bond acceptors (Lipinski definition) is 3. The van der Waals surface area contributed by atoms with Crippen LogP contribution in [0.3, 0.4) is 0 Å². The summed E-state index contributed by atoms with van der Waals surface area (Å²) in [5, 5.41) is 0.439. The van der Waals surface area contributed by atoms with Gasteiger partial charge < -0.3 is 0 Å². The highest BCUT2D eigenvalue weighted by atomic mass is 35.5. The number of nitrogens with zero attached hydrogens (tertiary/aromatic N) is 1. The predicted octanol–water partition coefficient (Wildman–Crippen LogP) is 2.98. The van der Waals surface area contributed by atoms with Crippen LogP contribution >= 0.6 is 11.6 Å². The Morgan fingerprint density at radius 1 is 1.38 bits per heavy atom. The summed E-state index contributed by atoms with van der Waals surface area (Å²) in [4.78, 5) is 4.47. The van der Waals surface area contributed by atoms with Gasteiger partial charge in [-0.1, -0.05) is 23.7 Å². The lowest BCUT2D eigenvalue weighted by atomic mass is 9.91. The van der Waals surface area contributed by atoms with Crippen LogP contribution in [0.5, 0.6) is 0 Å². The molecule has 0 saturated heterocycles. The van der Waals surface area contributed by atoms with Gasteiger partial charge in [-0.05, 0) is 43.0 Å². The van der Waals surface area contributed by atoms with Crippen LogP contribution in [0.15, 0.2) is 36.5 Å². The van der Waals surface area contributed by atoms with E-state index in [9.17, 15) is 4.39 Å². The van der Waals surface area contributed by atoms with Gasteiger partial charge in [0.15, 0.2) is 0 Å². The van der Waals surface area contributed by atoms with Crippen molar-refractivity contribution in [3.8, 4) is 0 Å². The molecular formula is C16H17ClFN3. The molecule has 3 rings (SSSR count). The van der Waals surface area contributed by atoms with Crippen molar-refractivity contribution in [2.45, 2.75) is 31.2 Å². The van der Waals surface area contributed by atoms with Gasteiger partial charge in [0.1, 0.15) is 5.82 Å². The quantitative estimate of drug-likeness (QED) is 0.674. The number of fused-ring (bicyclic) bond motifs is 1. The zero-order chi connectivity index (χ0) is 14.8. The van der Waals surface area contributed by atoms with E-state index in [0.717, 1.165) is 18.5 Å². The number of hydrazine groups is 1. The lowest BCUT2D eigenvalue weighted by molar-refractivity contribution is 0.423. The Hall–Kier alpha value is -1.49. The van der Waals surface area contributed by atoms with Crippen molar-refractivity contribution >= 4 is 11.6 Å². The van der Waals surface area contributed by atoms with Crippen molar-refractivity contribution < 1.29 is 4.39 Å². The van der Waals surface area contributed by atoms with E-state index in [1.54, 1.807) is 18.3 Å². The van der Waals surface area contributed by atoms with Gasteiger partial charge in [0.25, 0.3) is 0 Å². The number of nitrogens with one attached hydrogen (secondary N) is 1. The first-order valence-corrected chi connectivity index (χ1v) is 7.41. The second-order valence-electron chi connectivity index (χ2n) is 5.37. The zero-order valence-electron chi connectivity index (χ0n) is 11.5. The molecule has 1 aromatic carbocycles. The molecule has 0 aliphatic heterocycles. The number of pyridine rings is 1. The van der Waals surface area contributed by atoms with Crippen LogP contribution in [0.2, 0.25) is 5.02 Å². The van der Waals surface area contributed by atoms with Crippen LogP contribution in [0.1, 0.15) is 29.2 Å². The van der Waals surface area contributed by atoms with Gasteiger partial charge in [0.05, 0.1) is 0 Å². The summed E-state index contributed by atoms with van der Waals surface area (Å²) in [5.74, 6) is 5.61. The van der Waals surface area contributed by atoms with Crippen LogP contribution in [0.4, 0.5) is 4.39 Å². The maximum atomic E-state index is 14.0. The van der Waals surface area contributed by atoms with Gasteiger partial charge in [0, 0.05) is 34.4 Å². The summed E-state index contributed by atoms with van der Waals surface area (Å²) < 4.78 is 14.0. The molecule has 0 spiro atoms. The first-order chi connectivity index (χ1) is 10.2. The molecule has 0 saturated carbocycles. The monoisotopic (exact) mass is 305 g/mol. The number of rotatable bonds is 4. The summed E-state index contributed by atoms with van der Waals surface area (Å²) in [6.45, 7) is 0. The van der Waals surface area contributed by atoms with Crippen LogP contribution < -0.4 is 11.3 Å². The fourth-order valence-corrected chi connectivity index (χ4v) is 3.34. The first-order valence-electron chi connectivity index (χ1n) is 7.03. The van der Waals surface area contributed by atoms with Gasteiger partial charge in [-0.2, -0.15) is 0 Å². The first kappa shape index (κ1) is 14.4. The standard InChI is InChI=1S/C16H17ClFN3/c17-13-4-1-5-14(18)12(13)9-15(21-19)11-7-6-10-3-2-8-20-16(10)11/h1-5,8,11,15,21H,6-7,9,19H2. The molecule has 21 heavy (non-hydrogen) atoms. The molecule has 5 heteroatoms. The van der Waals surface area contributed by atoms with E-state index >= 15 is 0 Å². The molecule has 1 aliphatic rings. The summed E-state index contributed by atoms with van der Waals surface area (Å²) >= 11 is 6.11. The third-order valence-corrected chi connectivity index (χ3v) is 4.54. The molecule has 110 valence electrons. The minimum Gasteiger partial charge on any atom is -0.271 e. The highest BCUT2D eigenvalue weighted by molar-refractivity contribution is 6.31. The Labute approximate surface area is 128 Å². The SMILES string of the molecule is NNC(Cc1c(F)cccc1Cl)C1CCc2cccnc21. The normalized spacial score (nSPS) is 18.5. The van der Waals surface area contributed by atoms with Gasteiger partial charge in [-0.25, -0.2) is 4.39 Å². The average Bonchev–Trinajstić information content (AvgIpc) is 2.91. The number of aryl methyl sites for hydroxylation is 1. The van der Waals surface area contributed by atoms with Gasteiger partial charge in [-0.15, -0.1) is 0 Å². The third kappa shape index (κ3) is 2.79. The van der Waals surface area contributed by atoms with E-state index in [4.69, 9.17) is 17.4 Å². The lowest BCUT2D eigenvalue weighted by Gasteiger charge is -2.23. The van der Waals surface area contributed by atoms with Crippen molar-refractivity contribution in [2.75, 3.05) is 0 Å². The molecular weight excluding hydrogens is 289 g/mol. The van der Waals surface area contributed by atoms with E-state index in [1.807, 2.05) is 6.07 Å². The molecule has 0 bridgehead atoms. The van der Waals surface area contributed by atoms with Crippen molar-refractivity contribution in [1.29, 1.82) is 0 Å². The van der Waals surface area contributed by atoms with Crippen LogP contribution in [-0.2, 0) is 12.8 Å². The molecule has 2 unspecified atom stereocenters. The zero-order valence-corrected chi connectivity index (χ0v) is 12.3. The lowest BCUT2D eigenvalue weighted by Crippen LogP contribution is -2.41. The van der Waals surface area contributed by atoms with Crippen molar-refractivity contribution in [3.63, 3.8) is 0 Å². The molecule has 3 N–H and O–H groups in total. The molecule has 0 fully saturated rings. The van der Waals surface area contributed by atoms with E-state index in [-0.39, 0.29) is 17.8 Å². The Balaban J connectivity index is 1.87. The third-order valence-electron chi connectivity index (χ3n) is 4.19. The number of halogens is 2. The Kier molecular flexibility index (Phi) is 4.19. The van der Waals surface area contributed by atoms with Gasteiger partial charge in [-0.3, -0.25) is 16.3 Å². The fourth-order valence-electron chi connectivity index (χ4n) is 3.10. The predicted molar refractivity (Wildman–Crippen MR) is 81.5 cm³/mol. The maximum Gasteiger partial charge on any atom is 0.127 e. The largest absolute Gasteiger partial charge is 0.271 e. The summed E-state index contributed by atoms with van der Waals surface area (Å²) in [6.07, 6.45) is 4.19. The van der Waals surface area contributed by atoms with Crippen molar-refractivity contribution in [3.05, 3.63) is 64.2 Å². The topological polar surface area (TPSA) is 50.9 Å². The molecule has 2 atom stereocenters.